The molecule has 3 rings (SSSR count). The van der Waals surface area contributed by atoms with Gasteiger partial charge in [0.25, 0.3) is 5.91 Å². The minimum Gasteiger partial charge on any atom is -0.493 e. The zero-order valence-electron chi connectivity index (χ0n) is 19.2. The normalized spacial score (nSPS) is 11.0. The van der Waals surface area contributed by atoms with Gasteiger partial charge in [0, 0.05) is 23.4 Å². The summed E-state index contributed by atoms with van der Waals surface area (Å²) < 4.78 is 47.1. The number of carbonyl (C=O) groups is 2. The Balaban J connectivity index is 1.61. The highest BCUT2D eigenvalue weighted by Crippen LogP contribution is 2.30. The van der Waals surface area contributed by atoms with Crippen LogP contribution in [0.2, 0.25) is 0 Å². The molecule has 0 spiro atoms. The monoisotopic (exact) mass is 486 g/mol. The van der Waals surface area contributed by atoms with Gasteiger partial charge < -0.3 is 20.1 Å². The molecule has 2 amide bonds. The number of anilines is 2. The Labute approximate surface area is 201 Å². The average Bonchev–Trinajstić information content (AvgIpc) is 2.83. The number of para-hydroxylation sites is 1. The van der Waals surface area contributed by atoms with Gasteiger partial charge >= 0.3 is 6.18 Å². The molecular formula is C26H25F3N2O4. The van der Waals surface area contributed by atoms with Crippen LogP contribution < -0.4 is 20.1 Å². The fourth-order valence-corrected chi connectivity index (χ4v) is 3.35. The number of methoxy groups -OCH3 is 1. The van der Waals surface area contributed by atoms with E-state index in [2.05, 4.69) is 10.6 Å². The van der Waals surface area contributed by atoms with Gasteiger partial charge in [-0.15, -0.1) is 0 Å². The van der Waals surface area contributed by atoms with Crippen molar-refractivity contribution in [1.29, 1.82) is 0 Å². The number of hydrogen-bond donors (Lipinski definition) is 2. The van der Waals surface area contributed by atoms with E-state index in [1.165, 1.54) is 13.2 Å². The van der Waals surface area contributed by atoms with Gasteiger partial charge in [0.1, 0.15) is 0 Å². The maximum Gasteiger partial charge on any atom is 0.422 e. The highest BCUT2D eigenvalue weighted by Gasteiger charge is 2.29. The summed E-state index contributed by atoms with van der Waals surface area (Å²) in [6, 6.07) is 18.6. The number of rotatable bonds is 9. The highest BCUT2D eigenvalue weighted by molar-refractivity contribution is 6.06. The summed E-state index contributed by atoms with van der Waals surface area (Å²) >= 11 is 0. The second-order valence-corrected chi connectivity index (χ2v) is 7.74. The number of benzene rings is 3. The summed E-state index contributed by atoms with van der Waals surface area (Å²) in [7, 11) is 1.33. The minimum absolute atomic E-state index is 0.0285. The number of aryl methyl sites for hydroxylation is 1. The Morgan fingerprint density at radius 1 is 0.914 bits per heavy atom. The first-order valence-electron chi connectivity index (χ1n) is 10.8. The third-order valence-electron chi connectivity index (χ3n) is 5.14. The standard InChI is InChI=1S/C26H25F3N2O4/c1-17-20(25(33)30-19-7-4-3-5-8-19)9-6-10-21(17)31-24(32)14-12-18-11-13-22(23(15-18)34-2)35-16-26(27,28)29/h3-11,13,15H,12,14,16H2,1-2H3,(H,30,33)(H,31,32). The first-order valence-corrected chi connectivity index (χ1v) is 10.8. The van der Waals surface area contributed by atoms with E-state index in [1.54, 1.807) is 49.4 Å². The van der Waals surface area contributed by atoms with Gasteiger partial charge in [-0.3, -0.25) is 9.59 Å². The molecule has 0 aliphatic carbocycles. The van der Waals surface area contributed by atoms with Crippen molar-refractivity contribution in [2.45, 2.75) is 25.9 Å². The number of amides is 2. The highest BCUT2D eigenvalue weighted by atomic mass is 19.4. The Hall–Kier alpha value is -4.01. The van der Waals surface area contributed by atoms with Crippen LogP contribution in [0.15, 0.2) is 66.7 Å². The molecule has 0 aliphatic rings. The molecule has 3 aromatic carbocycles. The molecule has 0 aliphatic heterocycles. The third kappa shape index (κ3) is 7.49. The van der Waals surface area contributed by atoms with E-state index >= 15 is 0 Å². The lowest BCUT2D eigenvalue weighted by Crippen LogP contribution is -2.19. The van der Waals surface area contributed by atoms with Crippen molar-refractivity contribution in [3.63, 3.8) is 0 Å². The van der Waals surface area contributed by atoms with Crippen LogP contribution in [0, 0.1) is 6.92 Å². The molecule has 184 valence electrons. The topological polar surface area (TPSA) is 76.7 Å². The van der Waals surface area contributed by atoms with Crippen LogP contribution in [0.5, 0.6) is 11.5 Å². The van der Waals surface area contributed by atoms with Crippen LogP contribution in [0.1, 0.15) is 27.9 Å². The van der Waals surface area contributed by atoms with E-state index in [4.69, 9.17) is 9.47 Å². The van der Waals surface area contributed by atoms with E-state index in [1.807, 2.05) is 18.2 Å². The van der Waals surface area contributed by atoms with E-state index in [0.717, 1.165) is 0 Å². The van der Waals surface area contributed by atoms with Crippen LogP contribution in [0.25, 0.3) is 0 Å². The van der Waals surface area contributed by atoms with Gasteiger partial charge in [0.05, 0.1) is 7.11 Å². The molecule has 0 atom stereocenters. The van der Waals surface area contributed by atoms with Gasteiger partial charge in [-0.05, 0) is 60.9 Å². The van der Waals surface area contributed by atoms with Gasteiger partial charge in [0.2, 0.25) is 5.91 Å². The van der Waals surface area contributed by atoms with Crippen molar-refractivity contribution in [2.24, 2.45) is 0 Å². The number of halogens is 3. The quantitative estimate of drug-likeness (QED) is 0.403. The number of alkyl halides is 3. The lowest BCUT2D eigenvalue weighted by atomic mass is 10.0. The van der Waals surface area contributed by atoms with Crippen molar-refractivity contribution in [1.82, 2.24) is 0 Å². The molecule has 35 heavy (non-hydrogen) atoms. The second-order valence-electron chi connectivity index (χ2n) is 7.74. The Morgan fingerprint density at radius 2 is 1.66 bits per heavy atom. The van der Waals surface area contributed by atoms with Crippen molar-refractivity contribution in [3.8, 4) is 11.5 Å². The zero-order valence-corrected chi connectivity index (χ0v) is 19.2. The van der Waals surface area contributed by atoms with E-state index in [0.29, 0.717) is 34.5 Å². The summed E-state index contributed by atoms with van der Waals surface area (Å²) in [6.45, 7) is 0.326. The van der Waals surface area contributed by atoms with Gasteiger partial charge in [0.15, 0.2) is 18.1 Å². The molecule has 0 fully saturated rings. The average molecular weight is 486 g/mol. The maximum absolute atomic E-state index is 12.7. The summed E-state index contributed by atoms with van der Waals surface area (Å²) in [5.41, 5.74) is 2.94. The van der Waals surface area contributed by atoms with Crippen molar-refractivity contribution in [3.05, 3.63) is 83.4 Å². The van der Waals surface area contributed by atoms with Crippen LogP contribution in [-0.2, 0) is 11.2 Å². The Kier molecular flexibility index (Phi) is 8.35. The molecule has 0 radical (unpaired) electrons. The second kappa shape index (κ2) is 11.4. The largest absolute Gasteiger partial charge is 0.493 e. The lowest BCUT2D eigenvalue weighted by Gasteiger charge is -2.14. The zero-order chi connectivity index (χ0) is 25.4. The third-order valence-corrected chi connectivity index (χ3v) is 5.14. The SMILES string of the molecule is COc1cc(CCC(=O)Nc2cccc(C(=O)Nc3ccccc3)c2C)ccc1OCC(F)(F)F. The van der Waals surface area contributed by atoms with Crippen molar-refractivity contribution >= 4 is 23.2 Å². The molecule has 6 nitrogen and oxygen atoms in total. The van der Waals surface area contributed by atoms with Crippen LogP contribution in [0.4, 0.5) is 24.5 Å². The first-order chi connectivity index (χ1) is 16.7. The summed E-state index contributed by atoms with van der Waals surface area (Å²) in [5, 5.41) is 5.64. The fourth-order valence-electron chi connectivity index (χ4n) is 3.35. The minimum atomic E-state index is -4.46. The van der Waals surface area contributed by atoms with E-state index < -0.39 is 12.8 Å². The van der Waals surface area contributed by atoms with Gasteiger partial charge in [-0.2, -0.15) is 13.2 Å². The van der Waals surface area contributed by atoms with Crippen LogP contribution >= 0.6 is 0 Å². The lowest BCUT2D eigenvalue weighted by molar-refractivity contribution is -0.153. The maximum atomic E-state index is 12.7. The summed E-state index contributed by atoms with van der Waals surface area (Å²) in [4.78, 5) is 25.2. The molecular weight excluding hydrogens is 461 g/mol. The van der Waals surface area contributed by atoms with Gasteiger partial charge in [-0.1, -0.05) is 30.3 Å². The predicted molar refractivity (Wildman–Crippen MR) is 127 cm³/mol. The number of carbonyl (C=O) groups excluding carboxylic acids is 2. The molecule has 2 N–H and O–H groups in total. The number of nitrogens with one attached hydrogen (secondary N) is 2. The van der Waals surface area contributed by atoms with E-state index in [9.17, 15) is 22.8 Å². The smallest absolute Gasteiger partial charge is 0.422 e. The van der Waals surface area contributed by atoms with Crippen molar-refractivity contribution in [2.75, 3.05) is 24.4 Å². The fraction of sp³-hybridized carbons (Fsp3) is 0.231. The van der Waals surface area contributed by atoms with Crippen LogP contribution in [0.3, 0.4) is 0 Å². The molecule has 0 bridgehead atoms. The summed E-state index contributed by atoms with van der Waals surface area (Å²) in [5.74, 6) is -0.436. The molecule has 0 aromatic heterocycles. The molecule has 0 heterocycles. The summed E-state index contributed by atoms with van der Waals surface area (Å²) in [6.07, 6.45) is -4.01. The number of hydrogen-bond acceptors (Lipinski definition) is 4. The first kappa shape index (κ1) is 25.6. The molecule has 0 saturated carbocycles. The molecule has 0 saturated heterocycles. The predicted octanol–water partition coefficient (Wildman–Crippen LogP) is 5.77. The van der Waals surface area contributed by atoms with Crippen molar-refractivity contribution < 1.29 is 32.2 Å². The molecule has 0 unspecified atom stereocenters. The van der Waals surface area contributed by atoms with E-state index in [-0.39, 0.29) is 29.7 Å². The Morgan fingerprint density at radius 3 is 2.34 bits per heavy atom. The van der Waals surface area contributed by atoms with Crippen LogP contribution in [-0.4, -0.2) is 31.7 Å². The number of ether oxygens (including phenoxy) is 2. The van der Waals surface area contributed by atoms with Gasteiger partial charge in [-0.25, -0.2) is 0 Å². The molecule has 9 heteroatoms. The molecule has 3 aromatic rings. The Bertz CT molecular complexity index is 1180.